The van der Waals surface area contributed by atoms with E-state index in [1.165, 1.54) is 32.6 Å². The second kappa shape index (κ2) is 13.7. The molecule has 0 radical (unpaired) electrons. The van der Waals surface area contributed by atoms with Crippen molar-refractivity contribution in [1.82, 2.24) is 19.1 Å². The second-order valence-corrected chi connectivity index (χ2v) is 13.0. The van der Waals surface area contributed by atoms with E-state index in [-0.39, 0.29) is 0 Å². The lowest BCUT2D eigenvalue weighted by Gasteiger charge is -2.17. The lowest BCUT2D eigenvalue weighted by molar-refractivity contribution is 1.14. The third-order valence-electron chi connectivity index (χ3n) is 9.96. The third-order valence-corrected chi connectivity index (χ3v) is 9.96. The highest BCUT2D eigenvalue weighted by Gasteiger charge is 2.22. The van der Waals surface area contributed by atoms with Crippen LogP contribution in [0.25, 0.3) is 83.2 Å². The summed E-state index contributed by atoms with van der Waals surface area (Å²) in [5.74, 6) is 0.707. The Morgan fingerprint density at radius 2 is 1.00 bits per heavy atom. The van der Waals surface area contributed by atoms with E-state index in [4.69, 9.17) is 9.97 Å². The number of rotatable bonds is 5. The number of hydrogen-bond donors (Lipinski definition) is 0. The molecule has 0 aliphatic heterocycles. The Morgan fingerprint density at radius 1 is 0.472 bits per heavy atom. The summed E-state index contributed by atoms with van der Waals surface area (Å²) in [5.41, 5.74) is 11.8. The van der Waals surface area contributed by atoms with Gasteiger partial charge < -0.3 is 9.13 Å². The van der Waals surface area contributed by atoms with Crippen LogP contribution in [-0.4, -0.2) is 19.1 Å². The van der Waals surface area contributed by atoms with Gasteiger partial charge in [0.25, 0.3) is 0 Å². The fraction of sp³-hybridized carbons (Fsp3) is 0.0612. The van der Waals surface area contributed by atoms with Crippen LogP contribution in [0.5, 0.6) is 0 Å². The summed E-state index contributed by atoms with van der Waals surface area (Å²) >= 11 is 0. The molecule has 4 heteroatoms. The summed E-state index contributed by atoms with van der Waals surface area (Å²) < 4.78 is 4.82. The normalized spacial score (nSPS) is 12.8. The van der Waals surface area contributed by atoms with Gasteiger partial charge in [-0.1, -0.05) is 153 Å². The second-order valence-electron chi connectivity index (χ2n) is 13.0. The molecule has 10 rings (SSSR count). The van der Waals surface area contributed by atoms with Crippen LogP contribution in [-0.2, 0) is 0 Å². The summed E-state index contributed by atoms with van der Waals surface area (Å²) in [5, 5.41) is 4.94. The molecule has 9 aromatic rings. The number of allylic oxidation sites excluding steroid dienone is 6. The van der Waals surface area contributed by atoms with E-state index < -0.39 is 0 Å². The predicted molar refractivity (Wildman–Crippen MR) is 224 cm³/mol. The van der Waals surface area contributed by atoms with Crippen molar-refractivity contribution in [3.8, 4) is 28.3 Å². The topological polar surface area (TPSA) is 35.6 Å². The van der Waals surface area contributed by atoms with Gasteiger partial charge in [0.15, 0.2) is 5.82 Å². The van der Waals surface area contributed by atoms with Crippen molar-refractivity contribution in [2.45, 2.75) is 20.3 Å². The molecule has 0 saturated carbocycles. The number of fused-ring (bicyclic) bond motifs is 6. The van der Waals surface area contributed by atoms with E-state index in [1.54, 1.807) is 0 Å². The number of hydrogen-bond acceptors (Lipinski definition) is 2. The zero-order valence-corrected chi connectivity index (χ0v) is 29.8. The minimum atomic E-state index is 0.707. The van der Waals surface area contributed by atoms with Crippen LogP contribution >= 0.6 is 0 Å². The monoisotopic (exact) mass is 682 g/mol. The molecule has 0 atom stereocenters. The molecule has 254 valence electrons. The number of aromatic nitrogens is 4. The minimum Gasteiger partial charge on any atom is -0.309 e. The molecule has 1 aliphatic carbocycles. The van der Waals surface area contributed by atoms with Gasteiger partial charge in [0.05, 0.1) is 39.2 Å². The highest BCUT2D eigenvalue weighted by atomic mass is 15.0. The van der Waals surface area contributed by atoms with Gasteiger partial charge in [-0.05, 0) is 48.9 Å². The molecule has 0 amide bonds. The Bertz CT molecular complexity index is 2760. The van der Waals surface area contributed by atoms with Crippen LogP contribution in [0.1, 0.15) is 26.0 Å². The minimum absolute atomic E-state index is 0.707. The Labute approximate surface area is 309 Å². The van der Waals surface area contributed by atoms with Crippen molar-refractivity contribution >= 4 is 54.9 Å². The maximum absolute atomic E-state index is 5.25. The molecule has 0 spiro atoms. The molecule has 0 bridgehead atoms. The van der Waals surface area contributed by atoms with Crippen LogP contribution < -0.4 is 0 Å². The van der Waals surface area contributed by atoms with Crippen LogP contribution in [0.4, 0.5) is 0 Å². The Morgan fingerprint density at radius 3 is 1.66 bits per heavy atom. The van der Waals surface area contributed by atoms with Crippen molar-refractivity contribution in [2.75, 3.05) is 0 Å². The zero-order valence-electron chi connectivity index (χ0n) is 29.8. The third kappa shape index (κ3) is 5.56. The number of para-hydroxylation sites is 3. The molecule has 3 aromatic heterocycles. The first-order valence-corrected chi connectivity index (χ1v) is 18.4. The summed E-state index contributed by atoms with van der Waals surface area (Å²) in [7, 11) is 0. The van der Waals surface area contributed by atoms with Gasteiger partial charge in [0.1, 0.15) is 0 Å². The average molecular weight is 683 g/mol. The SMILES string of the molecule is C1=CCC=C(n2c3ccccc3c3cc(-n4c5ccccc5c5ccccc54)ccc32)C(c2cc(-c3ccccc3)nc(-c3ccccc3)n2)=C1.CC. The maximum atomic E-state index is 5.25. The zero-order chi connectivity index (χ0) is 35.7. The fourth-order valence-electron chi connectivity index (χ4n) is 7.66. The van der Waals surface area contributed by atoms with Gasteiger partial charge in [0.2, 0.25) is 0 Å². The van der Waals surface area contributed by atoms with Gasteiger partial charge >= 0.3 is 0 Å². The maximum Gasteiger partial charge on any atom is 0.160 e. The van der Waals surface area contributed by atoms with E-state index in [9.17, 15) is 0 Å². The molecule has 0 fully saturated rings. The summed E-state index contributed by atoms with van der Waals surface area (Å²) in [6.07, 6.45) is 9.70. The highest BCUT2D eigenvalue weighted by molar-refractivity contribution is 6.15. The Kier molecular flexibility index (Phi) is 8.33. The van der Waals surface area contributed by atoms with E-state index in [0.29, 0.717) is 5.82 Å². The van der Waals surface area contributed by atoms with Crippen molar-refractivity contribution < 1.29 is 0 Å². The smallest absolute Gasteiger partial charge is 0.160 e. The van der Waals surface area contributed by atoms with Crippen LogP contribution in [0.3, 0.4) is 0 Å². The van der Waals surface area contributed by atoms with E-state index >= 15 is 0 Å². The molecule has 0 N–H and O–H groups in total. The molecule has 53 heavy (non-hydrogen) atoms. The molecule has 6 aromatic carbocycles. The summed E-state index contributed by atoms with van der Waals surface area (Å²) in [6, 6.07) is 55.8. The molecule has 0 saturated heterocycles. The fourth-order valence-corrected chi connectivity index (χ4v) is 7.66. The van der Waals surface area contributed by atoms with Crippen LogP contribution in [0.15, 0.2) is 182 Å². The van der Waals surface area contributed by atoms with Crippen molar-refractivity contribution in [1.29, 1.82) is 0 Å². The van der Waals surface area contributed by atoms with E-state index in [0.717, 1.165) is 56.9 Å². The molecular formula is C49H38N4. The lowest BCUT2D eigenvalue weighted by atomic mass is 10.0. The molecule has 3 heterocycles. The molecular weight excluding hydrogens is 645 g/mol. The van der Waals surface area contributed by atoms with Gasteiger partial charge in [-0.3, -0.25) is 0 Å². The summed E-state index contributed by atoms with van der Waals surface area (Å²) in [4.78, 5) is 10.3. The van der Waals surface area contributed by atoms with E-state index in [2.05, 4.69) is 167 Å². The Balaban J connectivity index is 0.00000183. The molecule has 0 unspecified atom stereocenters. The van der Waals surface area contributed by atoms with E-state index in [1.807, 2.05) is 38.1 Å². The quantitative estimate of drug-likeness (QED) is 0.181. The van der Waals surface area contributed by atoms with Crippen LogP contribution in [0.2, 0.25) is 0 Å². The van der Waals surface area contributed by atoms with Gasteiger partial charge in [-0.25, -0.2) is 9.97 Å². The number of benzene rings is 6. The molecule has 4 nitrogen and oxygen atoms in total. The standard InChI is InChI=1S/C47H32N4.C2H6/c1-4-16-32(17-5-1)40-31-41(49-47(48-40)33-18-6-2-7-19-33)38-23-8-3-9-24-45(38)51-44-27-15-12-22-37(44)39-30-34(28-29-46(39)51)50-42-25-13-10-20-35(42)36-21-11-14-26-43(36)50;1-2/h1-8,10-31H,9H2;1-2H3. The predicted octanol–water partition coefficient (Wildman–Crippen LogP) is 12.9. The van der Waals surface area contributed by atoms with Crippen molar-refractivity contribution in [3.05, 3.63) is 188 Å². The van der Waals surface area contributed by atoms with Crippen LogP contribution in [0, 0.1) is 0 Å². The Hall–Kier alpha value is -6.78. The first kappa shape index (κ1) is 32.1. The van der Waals surface area contributed by atoms with Crippen molar-refractivity contribution in [3.63, 3.8) is 0 Å². The number of nitrogens with zero attached hydrogens (tertiary/aromatic N) is 4. The largest absolute Gasteiger partial charge is 0.309 e. The highest BCUT2D eigenvalue weighted by Crippen LogP contribution is 2.40. The average Bonchev–Trinajstić information content (AvgIpc) is 3.63. The molecule has 1 aliphatic rings. The van der Waals surface area contributed by atoms with Gasteiger partial charge in [-0.15, -0.1) is 0 Å². The first-order chi connectivity index (χ1) is 26.3. The lowest BCUT2D eigenvalue weighted by Crippen LogP contribution is -2.04. The van der Waals surface area contributed by atoms with Crippen molar-refractivity contribution in [2.24, 2.45) is 0 Å². The summed E-state index contributed by atoms with van der Waals surface area (Å²) in [6.45, 7) is 4.00. The van der Waals surface area contributed by atoms with Gasteiger partial charge in [-0.2, -0.15) is 0 Å². The first-order valence-electron chi connectivity index (χ1n) is 18.4. The van der Waals surface area contributed by atoms with Gasteiger partial charge in [0, 0.05) is 43.9 Å².